The van der Waals surface area contributed by atoms with Crippen LogP contribution in [0.15, 0.2) is 59.8 Å². The normalized spacial score (nSPS) is 15.7. The quantitative estimate of drug-likeness (QED) is 0.418. The number of amides is 2. The molecule has 2 N–H and O–H groups in total. The van der Waals surface area contributed by atoms with E-state index in [0.29, 0.717) is 41.5 Å². The van der Waals surface area contributed by atoms with Gasteiger partial charge in [-0.15, -0.1) is 0 Å². The highest BCUT2D eigenvalue weighted by Gasteiger charge is 2.32. The number of allylic oxidation sites excluding steroid dienone is 1. The van der Waals surface area contributed by atoms with Crippen LogP contribution in [0.4, 0.5) is 4.79 Å². The lowest BCUT2D eigenvalue weighted by atomic mass is 9.95. The van der Waals surface area contributed by atoms with Gasteiger partial charge in [0.15, 0.2) is 11.5 Å². The largest absolute Gasteiger partial charge is 0.493 e. The van der Waals surface area contributed by atoms with E-state index in [1.165, 1.54) is 0 Å². The minimum Gasteiger partial charge on any atom is -0.493 e. The minimum atomic E-state index is -0.700. The number of benzene rings is 2. The van der Waals surface area contributed by atoms with Crippen LogP contribution in [0.25, 0.3) is 0 Å². The van der Waals surface area contributed by atoms with Crippen LogP contribution in [0, 0.1) is 0 Å². The summed E-state index contributed by atoms with van der Waals surface area (Å²) in [7, 11) is 1.54. The second-order valence-electron chi connectivity index (χ2n) is 7.81. The lowest BCUT2D eigenvalue weighted by Crippen LogP contribution is -2.45. The molecule has 0 unspecified atom stereocenters. The van der Waals surface area contributed by atoms with Crippen molar-refractivity contribution in [1.29, 1.82) is 0 Å². The first kappa shape index (κ1) is 24.1. The van der Waals surface area contributed by atoms with E-state index in [4.69, 9.17) is 18.9 Å². The van der Waals surface area contributed by atoms with Gasteiger partial charge in [0, 0.05) is 5.70 Å². The average molecular weight is 455 g/mol. The van der Waals surface area contributed by atoms with E-state index < -0.39 is 18.0 Å². The van der Waals surface area contributed by atoms with Crippen molar-refractivity contribution in [3.8, 4) is 11.5 Å². The number of rotatable bonds is 10. The van der Waals surface area contributed by atoms with Crippen molar-refractivity contribution < 1.29 is 28.5 Å². The smallest absolute Gasteiger partial charge is 0.338 e. The molecule has 2 aromatic carbocycles. The molecule has 176 valence electrons. The molecule has 0 spiro atoms. The monoisotopic (exact) mass is 454 g/mol. The fourth-order valence-electron chi connectivity index (χ4n) is 3.43. The van der Waals surface area contributed by atoms with Gasteiger partial charge in [0.05, 0.1) is 31.4 Å². The summed E-state index contributed by atoms with van der Waals surface area (Å²) in [5.41, 5.74) is 2.44. The molecular formula is C25H30N2O6. The van der Waals surface area contributed by atoms with Crippen LogP contribution in [0.5, 0.6) is 11.5 Å². The molecule has 0 aromatic heterocycles. The maximum Gasteiger partial charge on any atom is 0.338 e. The Labute approximate surface area is 193 Å². The molecule has 1 heterocycles. The molecule has 3 rings (SSSR count). The van der Waals surface area contributed by atoms with Crippen LogP contribution in [-0.4, -0.2) is 38.4 Å². The van der Waals surface area contributed by atoms with E-state index in [0.717, 1.165) is 5.56 Å². The maximum atomic E-state index is 12.8. The van der Waals surface area contributed by atoms with Gasteiger partial charge in [0.2, 0.25) is 0 Å². The number of hydrogen-bond donors (Lipinski definition) is 2. The zero-order valence-electron chi connectivity index (χ0n) is 19.3. The molecular weight excluding hydrogens is 424 g/mol. The van der Waals surface area contributed by atoms with Crippen LogP contribution >= 0.6 is 0 Å². The van der Waals surface area contributed by atoms with E-state index in [2.05, 4.69) is 10.6 Å². The van der Waals surface area contributed by atoms with Crippen LogP contribution in [-0.2, 0) is 20.9 Å². The van der Waals surface area contributed by atoms with Gasteiger partial charge >= 0.3 is 12.0 Å². The third-order valence-electron chi connectivity index (χ3n) is 5.01. The van der Waals surface area contributed by atoms with Crippen molar-refractivity contribution in [2.45, 2.75) is 39.5 Å². The summed E-state index contributed by atoms with van der Waals surface area (Å²) < 4.78 is 22.2. The fraction of sp³-hybridized carbons (Fsp3) is 0.360. The Bertz CT molecular complexity index is 1000. The van der Waals surface area contributed by atoms with Crippen molar-refractivity contribution in [2.75, 3.05) is 20.3 Å². The molecule has 8 heteroatoms. The van der Waals surface area contributed by atoms with E-state index in [-0.39, 0.29) is 12.7 Å². The van der Waals surface area contributed by atoms with Crippen LogP contribution < -0.4 is 20.1 Å². The van der Waals surface area contributed by atoms with Crippen LogP contribution in [0.2, 0.25) is 0 Å². The zero-order chi connectivity index (χ0) is 23.8. The Morgan fingerprint density at radius 2 is 1.82 bits per heavy atom. The topological polar surface area (TPSA) is 95.1 Å². The Morgan fingerprint density at radius 1 is 1.06 bits per heavy atom. The summed E-state index contributed by atoms with van der Waals surface area (Å²) in [6.45, 7) is 6.28. The molecule has 0 saturated carbocycles. The van der Waals surface area contributed by atoms with Gasteiger partial charge in [-0.1, -0.05) is 36.4 Å². The van der Waals surface area contributed by atoms with Crippen molar-refractivity contribution in [1.82, 2.24) is 10.6 Å². The molecule has 1 atom stereocenters. The lowest BCUT2D eigenvalue weighted by molar-refractivity contribution is -0.141. The number of urea groups is 1. The zero-order valence-corrected chi connectivity index (χ0v) is 19.3. The van der Waals surface area contributed by atoms with Gasteiger partial charge in [0.25, 0.3) is 0 Å². The second kappa shape index (κ2) is 11.4. The predicted molar refractivity (Wildman–Crippen MR) is 123 cm³/mol. The SMILES string of the molecule is COc1cc([C@@H]2NC(=O)NC(C)=C2C(=O)OCCOC(C)C)ccc1OCc1ccccc1. The number of nitrogens with one attached hydrogen (secondary N) is 2. The third kappa shape index (κ3) is 6.49. The molecule has 8 nitrogen and oxygen atoms in total. The Kier molecular flexibility index (Phi) is 8.32. The maximum absolute atomic E-state index is 12.8. The highest BCUT2D eigenvalue weighted by atomic mass is 16.6. The lowest BCUT2D eigenvalue weighted by Gasteiger charge is -2.28. The molecule has 2 amide bonds. The molecule has 0 saturated heterocycles. The number of carbonyl (C=O) groups is 2. The fourth-order valence-corrected chi connectivity index (χ4v) is 3.43. The number of ether oxygens (including phenoxy) is 4. The summed E-state index contributed by atoms with van der Waals surface area (Å²) in [5.74, 6) is 0.522. The molecule has 0 fully saturated rings. The van der Waals surface area contributed by atoms with Crippen molar-refractivity contribution >= 4 is 12.0 Å². The number of methoxy groups -OCH3 is 1. The molecule has 1 aliphatic rings. The van der Waals surface area contributed by atoms with Crippen molar-refractivity contribution in [2.24, 2.45) is 0 Å². The summed E-state index contributed by atoms with van der Waals surface area (Å²) in [4.78, 5) is 25.0. The summed E-state index contributed by atoms with van der Waals surface area (Å²) >= 11 is 0. The van der Waals surface area contributed by atoms with Crippen molar-refractivity contribution in [3.05, 3.63) is 70.9 Å². The van der Waals surface area contributed by atoms with Gasteiger partial charge in [0.1, 0.15) is 13.2 Å². The van der Waals surface area contributed by atoms with Crippen LogP contribution in [0.1, 0.15) is 37.9 Å². The first-order valence-electron chi connectivity index (χ1n) is 10.8. The van der Waals surface area contributed by atoms with Gasteiger partial charge in [-0.25, -0.2) is 9.59 Å². The minimum absolute atomic E-state index is 0.0446. The highest BCUT2D eigenvalue weighted by Crippen LogP contribution is 2.35. The Hall–Kier alpha value is -3.52. The summed E-state index contributed by atoms with van der Waals surface area (Å²) in [6.07, 6.45) is 0.0446. The first-order valence-corrected chi connectivity index (χ1v) is 10.8. The molecule has 0 radical (unpaired) electrons. The van der Waals surface area contributed by atoms with E-state index in [9.17, 15) is 9.59 Å². The van der Waals surface area contributed by atoms with E-state index >= 15 is 0 Å². The third-order valence-corrected chi connectivity index (χ3v) is 5.01. The average Bonchev–Trinajstić information content (AvgIpc) is 2.80. The van der Waals surface area contributed by atoms with Crippen molar-refractivity contribution in [3.63, 3.8) is 0 Å². The molecule has 0 bridgehead atoms. The second-order valence-corrected chi connectivity index (χ2v) is 7.81. The molecule has 0 aliphatic carbocycles. The van der Waals surface area contributed by atoms with Crippen LogP contribution in [0.3, 0.4) is 0 Å². The Morgan fingerprint density at radius 3 is 2.52 bits per heavy atom. The number of esters is 1. The molecule has 2 aromatic rings. The number of hydrogen-bond acceptors (Lipinski definition) is 6. The van der Waals surface area contributed by atoms with Gasteiger partial charge in [-0.05, 0) is 44.0 Å². The van der Waals surface area contributed by atoms with Gasteiger partial charge in [-0.3, -0.25) is 0 Å². The van der Waals surface area contributed by atoms with Gasteiger partial charge < -0.3 is 29.6 Å². The van der Waals surface area contributed by atoms with E-state index in [1.54, 1.807) is 32.2 Å². The predicted octanol–water partition coefficient (Wildman–Crippen LogP) is 3.87. The standard InChI is InChI=1S/C25H30N2O6/c1-16(2)31-12-13-32-24(28)22-17(3)26-25(29)27-23(22)19-10-11-20(21(14-19)30-4)33-15-18-8-6-5-7-9-18/h5-11,14,16,23H,12-13,15H2,1-4H3,(H2,26,27,29)/t23-/m0/s1. The highest BCUT2D eigenvalue weighted by molar-refractivity contribution is 5.95. The first-order chi connectivity index (χ1) is 15.9. The molecule has 33 heavy (non-hydrogen) atoms. The molecule has 1 aliphatic heterocycles. The van der Waals surface area contributed by atoms with Gasteiger partial charge in [-0.2, -0.15) is 0 Å². The number of carbonyl (C=O) groups excluding carboxylic acids is 2. The summed E-state index contributed by atoms with van der Waals surface area (Å²) in [6, 6.07) is 14.0. The summed E-state index contributed by atoms with van der Waals surface area (Å²) in [5, 5.41) is 5.43. The Balaban J connectivity index is 1.78. The van der Waals surface area contributed by atoms with E-state index in [1.807, 2.05) is 44.2 Å².